The zero-order chi connectivity index (χ0) is 13.1. The van der Waals surface area contributed by atoms with Crippen LogP contribution in [0.2, 0.25) is 0 Å². The third kappa shape index (κ3) is 2.72. The van der Waals surface area contributed by atoms with E-state index in [1.54, 1.807) is 6.07 Å². The Kier molecular flexibility index (Phi) is 3.69. The van der Waals surface area contributed by atoms with Crippen molar-refractivity contribution in [1.29, 1.82) is 0 Å². The highest BCUT2D eigenvalue weighted by atomic mass is 19.1. The van der Waals surface area contributed by atoms with E-state index in [9.17, 15) is 9.18 Å². The summed E-state index contributed by atoms with van der Waals surface area (Å²) in [6, 6.07) is 5.08. The lowest BCUT2D eigenvalue weighted by atomic mass is 10.0. The number of piperidine rings is 1. The molecular weight excluding hydrogens is 233 g/mol. The van der Waals surface area contributed by atoms with Crippen LogP contribution in [0.15, 0.2) is 18.2 Å². The lowest BCUT2D eigenvalue weighted by Crippen LogP contribution is -2.44. The number of rotatable bonds is 2. The first-order chi connectivity index (χ1) is 8.58. The van der Waals surface area contributed by atoms with Gasteiger partial charge in [-0.15, -0.1) is 0 Å². The normalized spacial score (nSPS) is 16.7. The molecule has 1 saturated heterocycles. The minimum absolute atomic E-state index is 0.00119. The van der Waals surface area contributed by atoms with Crippen LogP contribution in [0, 0.1) is 5.82 Å². The Bertz CT molecular complexity index is 442. The topological polar surface area (TPSA) is 58.4 Å². The molecule has 3 N–H and O–H groups in total. The van der Waals surface area contributed by atoms with E-state index in [-0.39, 0.29) is 23.5 Å². The molecule has 4 nitrogen and oxygen atoms in total. The molecule has 0 saturated carbocycles. The number of nitrogens with one attached hydrogen (secondary N) is 1. The van der Waals surface area contributed by atoms with E-state index in [4.69, 9.17) is 5.73 Å². The summed E-state index contributed by atoms with van der Waals surface area (Å²) in [6.07, 6.45) is 1.71. The summed E-state index contributed by atoms with van der Waals surface area (Å²) in [6.45, 7) is 3.08. The molecule has 0 spiro atoms. The van der Waals surface area contributed by atoms with Crippen LogP contribution in [0.4, 0.5) is 15.8 Å². The van der Waals surface area contributed by atoms with Crippen molar-refractivity contribution in [1.82, 2.24) is 5.32 Å². The average molecular weight is 251 g/mol. The average Bonchev–Trinajstić information content (AvgIpc) is 2.33. The maximum absolute atomic E-state index is 13.4. The Hall–Kier alpha value is -1.78. The molecule has 0 aliphatic carbocycles. The number of amides is 1. The van der Waals surface area contributed by atoms with Gasteiger partial charge in [0.25, 0.3) is 0 Å². The predicted molar refractivity (Wildman–Crippen MR) is 69.9 cm³/mol. The highest BCUT2D eigenvalue weighted by Crippen LogP contribution is 2.28. The molecule has 98 valence electrons. The van der Waals surface area contributed by atoms with Gasteiger partial charge in [0.2, 0.25) is 5.91 Å². The number of nitrogens with two attached hydrogens (primary N) is 1. The number of hydrogen-bond donors (Lipinski definition) is 2. The van der Waals surface area contributed by atoms with Crippen LogP contribution in [-0.2, 0) is 4.79 Å². The number of carbonyl (C=O) groups is 1. The van der Waals surface area contributed by atoms with Crippen LogP contribution in [-0.4, -0.2) is 25.0 Å². The fourth-order valence-corrected chi connectivity index (χ4v) is 2.35. The number of anilines is 2. The highest BCUT2D eigenvalue weighted by Gasteiger charge is 2.21. The van der Waals surface area contributed by atoms with Crippen molar-refractivity contribution < 1.29 is 9.18 Å². The van der Waals surface area contributed by atoms with Gasteiger partial charge in [-0.25, -0.2) is 4.39 Å². The summed E-state index contributed by atoms with van der Waals surface area (Å²) < 4.78 is 13.4. The third-order valence-electron chi connectivity index (χ3n) is 3.27. The van der Waals surface area contributed by atoms with Crippen molar-refractivity contribution in [2.75, 3.05) is 23.7 Å². The molecule has 1 amide bonds. The molecule has 1 heterocycles. The number of benzene rings is 1. The van der Waals surface area contributed by atoms with E-state index in [2.05, 4.69) is 10.2 Å². The monoisotopic (exact) mass is 251 g/mol. The highest BCUT2D eigenvalue weighted by molar-refractivity contribution is 5.73. The van der Waals surface area contributed by atoms with E-state index in [0.29, 0.717) is 0 Å². The lowest BCUT2D eigenvalue weighted by Gasteiger charge is -2.34. The van der Waals surface area contributed by atoms with Gasteiger partial charge in [-0.05, 0) is 25.0 Å². The first-order valence-corrected chi connectivity index (χ1v) is 6.14. The summed E-state index contributed by atoms with van der Waals surface area (Å²) in [5.74, 6) is -0.379. The van der Waals surface area contributed by atoms with Crippen LogP contribution in [0.3, 0.4) is 0 Å². The Morgan fingerprint density at radius 3 is 2.72 bits per heavy atom. The molecular formula is C13H18FN3O. The molecule has 1 aliphatic heterocycles. The van der Waals surface area contributed by atoms with E-state index in [0.717, 1.165) is 31.6 Å². The van der Waals surface area contributed by atoms with Gasteiger partial charge in [-0.2, -0.15) is 0 Å². The summed E-state index contributed by atoms with van der Waals surface area (Å²) in [4.78, 5) is 13.0. The molecule has 0 unspecified atom stereocenters. The van der Waals surface area contributed by atoms with Gasteiger partial charge < -0.3 is 16.0 Å². The molecule has 18 heavy (non-hydrogen) atoms. The minimum atomic E-state index is -0.378. The van der Waals surface area contributed by atoms with Crippen LogP contribution >= 0.6 is 0 Å². The first-order valence-electron chi connectivity index (χ1n) is 6.14. The van der Waals surface area contributed by atoms with Gasteiger partial charge in [0.1, 0.15) is 5.82 Å². The molecule has 0 aromatic heterocycles. The molecule has 1 aliphatic rings. The maximum atomic E-state index is 13.4. The zero-order valence-corrected chi connectivity index (χ0v) is 10.4. The van der Waals surface area contributed by atoms with Crippen LogP contribution < -0.4 is 16.0 Å². The summed E-state index contributed by atoms with van der Waals surface area (Å²) >= 11 is 0. The fourth-order valence-electron chi connectivity index (χ4n) is 2.35. The van der Waals surface area contributed by atoms with Gasteiger partial charge in [0.15, 0.2) is 0 Å². The Morgan fingerprint density at radius 1 is 1.44 bits per heavy atom. The van der Waals surface area contributed by atoms with Crippen molar-refractivity contribution in [3.05, 3.63) is 24.0 Å². The molecule has 5 heteroatoms. The van der Waals surface area contributed by atoms with Crippen molar-refractivity contribution in [3.63, 3.8) is 0 Å². The van der Waals surface area contributed by atoms with Gasteiger partial charge in [-0.1, -0.05) is 6.07 Å². The summed E-state index contributed by atoms with van der Waals surface area (Å²) in [5, 5.41) is 2.91. The maximum Gasteiger partial charge on any atom is 0.217 e. The molecule has 2 rings (SSSR count). The van der Waals surface area contributed by atoms with Crippen LogP contribution in [0.25, 0.3) is 0 Å². The number of nitrogen functional groups attached to an aromatic ring is 1. The van der Waals surface area contributed by atoms with Gasteiger partial charge in [0, 0.05) is 26.1 Å². The second kappa shape index (κ2) is 5.25. The van der Waals surface area contributed by atoms with E-state index < -0.39 is 0 Å². The van der Waals surface area contributed by atoms with Crippen molar-refractivity contribution in [3.8, 4) is 0 Å². The second-order valence-electron chi connectivity index (χ2n) is 4.63. The summed E-state index contributed by atoms with van der Waals surface area (Å²) in [7, 11) is 0. The van der Waals surface area contributed by atoms with E-state index in [1.165, 1.54) is 13.0 Å². The number of hydrogen-bond acceptors (Lipinski definition) is 3. The number of para-hydroxylation sites is 1. The van der Waals surface area contributed by atoms with Crippen molar-refractivity contribution in [2.45, 2.75) is 25.8 Å². The third-order valence-corrected chi connectivity index (χ3v) is 3.27. The van der Waals surface area contributed by atoms with Gasteiger partial charge in [-0.3, -0.25) is 4.79 Å². The summed E-state index contributed by atoms with van der Waals surface area (Å²) in [5.41, 5.74) is 6.69. The van der Waals surface area contributed by atoms with E-state index in [1.807, 2.05) is 6.07 Å². The number of halogens is 1. The smallest absolute Gasteiger partial charge is 0.217 e. The van der Waals surface area contributed by atoms with Crippen molar-refractivity contribution >= 4 is 17.3 Å². The molecule has 1 fully saturated rings. The quantitative estimate of drug-likeness (QED) is 0.783. The molecule has 1 aromatic carbocycles. The molecule has 0 radical (unpaired) electrons. The standard InChI is InChI=1S/C13H18FN3O/c1-9(18)16-10-5-7-17(8-6-10)12-4-2-3-11(14)13(12)15/h2-4,10H,5-8,15H2,1H3,(H,16,18). The molecule has 1 aromatic rings. The largest absolute Gasteiger partial charge is 0.395 e. The van der Waals surface area contributed by atoms with Gasteiger partial charge in [0.05, 0.1) is 11.4 Å². The fraction of sp³-hybridized carbons (Fsp3) is 0.462. The predicted octanol–water partition coefficient (Wildman–Crippen LogP) is 1.51. The molecule has 0 bridgehead atoms. The number of nitrogens with zero attached hydrogens (tertiary/aromatic N) is 1. The van der Waals surface area contributed by atoms with Crippen LogP contribution in [0.5, 0.6) is 0 Å². The number of carbonyl (C=O) groups excluding carboxylic acids is 1. The van der Waals surface area contributed by atoms with Gasteiger partial charge >= 0.3 is 0 Å². The Labute approximate surface area is 106 Å². The van der Waals surface area contributed by atoms with E-state index >= 15 is 0 Å². The minimum Gasteiger partial charge on any atom is -0.395 e. The Balaban J connectivity index is 2.01. The zero-order valence-electron chi connectivity index (χ0n) is 10.4. The second-order valence-corrected chi connectivity index (χ2v) is 4.63. The first kappa shape index (κ1) is 12.7. The van der Waals surface area contributed by atoms with Crippen molar-refractivity contribution in [2.24, 2.45) is 0 Å². The molecule has 0 atom stereocenters. The Morgan fingerprint density at radius 2 is 2.11 bits per heavy atom. The van der Waals surface area contributed by atoms with Crippen LogP contribution in [0.1, 0.15) is 19.8 Å². The SMILES string of the molecule is CC(=O)NC1CCN(c2cccc(F)c2N)CC1. The lowest BCUT2D eigenvalue weighted by molar-refractivity contribution is -0.119.